The van der Waals surface area contributed by atoms with Crippen molar-refractivity contribution in [3.05, 3.63) is 35.9 Å². The number of rotatable bonds is 0. The summed E-state index contributed by atoms with van der Waals surface area (Å²) >= 11 is 0. The first-order chi connectivity index (χ1) is 4.97. The molecule has 0 fully saturated rings. The van der Waals surface area contributed by atoms with E-state index in [2.05, 4.69) is 10.5 Å². The molecule has 2 rings (SSSR count). The highest BCUT2D eigenvalue weighted by Crippen LogP contribution is 2.15. The number of hydrogen-bond donors (Lipinski definition) is 1. The van der Waals surface area contributed by atoms with Gasteiger partial charge in [0, 0.05) is 6.21 Å². The van der Waals surface area contributed by atoms with Crippen molar-refractivity contribution in [2.75, 3.05) is 0 Å². The molecule has 0 bridgehead atoms. The van der Waals surface area contributed by atoms with E-state index < -0.39 is 0 Å². The molecule has 0 aromatic heterocycles. The summed E-state index contributed by atoms with van der Waals surface area (Å²) in [5.41, 5.74) is 4.45. The van der Waals surface area contributed by atoms with Crippen molar-refractivity contribution in [2.45, 2.75) is 0 Å². The van der Waals surface area contributed by atoms with Crippen LogP contribution in [0, 0.1) is 0 Å². The van der Waals surface area contributed by atoms with Gasteiger partial charge in [-0.15, -0.1) is 0 Å². The molecule has 50 valence electrons. The van der Waals surface area contributed by atoms with Crippen molar-refractivity contribution in [1.82, 2.24) is 5.48 Å². The van der Waals surface area contributed by atoms with Gasteiger partial charge in [0.15, 0.2) is 0 Å². The first-order valence-corrected chi connectivity index (χ1v) is 3.00. The van der Waals surface area contributed by atoms with Gasteiger partial charge in [-0.25, -0.2) is 5.48 Å². The molecule has 0 radical (unpaired) electrons. The zero-order chi connectivity index (χ0) is 6.81. The van der Waals surface area contributed by atoms with Gasteiger partial charge in [-0.1, -0.05) is 6.08 Å². The highest BCUT2D eigenvalue weighted by molar-refractivity contribution is 5.74. The smallest absolute Gasteiger partial charge is 0.147 e. The molecule has 3 nitrogen and oxygen atoms in total. The Hall–Kier alpha value is -1.51. The molecule has 0 amide bonds. The van der Waals surface area contributed by atoms with E-state index in [0.29, 0.717) is 0 Å². The Morgan fingerprint density at radius 3 is 3.40 bits per heavy atom. The van der Waals surface area contributed by atoms with Crippen LogP contribution in [0.15, 0.2) is 40.9 Å². The molecular formula is C7H6N2O. The number of allylic oxidation sites excluding steroid dienone is 3. The van der Waals surface area contributed by atoms with Crippen LogP contribution >= 0.6 is 0 Å². The van der Waals surface area contributed by atoms with Gasteiger partial charge in [-0.2, -0.15) is 0 Å². The summed E-state index contributed by atoms with van der Waals surface area (Å²) in [5.74, 6) is 0. The van der Waals surface area contributed by atoms with Crippen molar-refractivity contribution in [3.8, 4) is 0 Å². The Labute approximate surface area is 58.4 Å². The molecule has 0 saturated carbocycles. The number of hydroxylamine groups is 1. The van der Waals surface area contributed by atoms with E-state index in [9.17, 15) is 0 Å². The van der Waals surface area contributed by atoms with Gasteiger partial charge in [0.2, 0.25) is 0 Å². The van der Waals surface area contributed by atoms with Gasteiger partial charge in [-0.3, -0.25) is 4.99 Å². The van der Waals surface area contributed by atoms with Crippen molar-refractivity contribution in [1.29, 1.82) is 0 Å². The second-order valence-electron chi connectivity index (χ2n) is 1.97. The quantitative estimate of drug-likeness (QED) is 0.533. The van der Waals surface area contributed by atoms with Gasteiger partial charge in [0.05, 0.1) is 0 Å². The minimum atomic E-state index is 0.838. The average molecular weight is 134 g/mol. The highest BCUT2D eigenvalue weighted by Gasteiger charge is 2.10. The lowest BCUT2D eigenvalue weighted by molar-refractivity contribution is 0.186. The van der Waals surface area contributed by atoms with Crippen molar-refractivity contribution in [2.24, 2.45) is 4.99 Å². The predicted octanol–water partition coefficient (Wildman–Crippen LogP) is 0.887. The largest absolute Gasteiger partial charge is 0.388 e. The van der Waals surface area contributed by atoms with Gasteiger partial charge in [0.1, 0.15) is 17.7 Å². The van der Waals surface area contributed by atoms with Crippen LogP contribution < -0.4 is 5.48 Å². The van der Waals surface area contributed by atoms with E-state index in [-0.39, 0.29) is 0 Å². The minimum Gasteiger partial charge on any atom is -0.388 e. The van der Waals surface area contributed by atoms with Crippen LogP contribution in [-0.4, -0.2) is 6.21 Å². The summed E-state index contributed by atoms with van der Waals surface area (Å²) in [7, 11) is 0. The Bertz CT molecular complexity index is 261. The third kappa shape index (κ3) is 0.719. The molecule has 0 aromatic rings. The zero-order valence-corrected chi connectivity index (χ0v) is 5.24. The predicted molar refractivity (Wildman–Crippen MR) is 38.0 cm³/mol. The van der Waals surface area contributed by atoms with Gasteiger partial charge < -0.3 is 4.84 Å². The van der Waals surface area contributed by atoms with Crippen LogP contribution in [0.25, 0.3) is 0 Å². The molecule has 0 saturated heterocycles. The molecule has 3 heteroatoms. The van der Waals surface area contributed by atoms with Crippen molar-refractivity contribution >= 4 is 6.21 Å². The number of nitrogens with zero attached hydrogens (tertiary/aromatic N) is 1. The lowest BCUT2D eigenvalue weighted by Gasteiger charge is -1.94. The first-order valence-electron chi connectivity index (χ1n) is 3.00. The summed E-state index contributed by atoms with van der Waals surface area (Å²) in [4.78, 5) is 8.90. The Morgan fingerprint density at radius 2 is 2.40 bits per heavy atom. The maximum atomic E-state index is 4.82. The molecule has 2 aliphatic heterocycles. The van der Waals surface area contributed by atoms with Crippen molar-refractivity contribution < 1.29 is 4.84 Å². The van der Waals surface area contributed by atoms with E-state index in [1.807, 2.05) is 18.2 Å². The molecule has 0 aromatic carbocycles. The zero-order valence-electron chi connectivity index (χ0n) is 5.24. The lowest BCUT2D eigenvalue weighted by Crippen LogP contribution is -2.02. The van der Waals surface area contributed by atoms with Crippen molar-refractivity contribution in [3.63, 3.8) is 0 Å². The fourth-order valence-electron chi connectivity index (χ4n) is 0.809. The van der Waals surface area contributed by atoms with E-state index in [1.54, 1.807) is 12.5 Å². The molecule has 10 heavy (non-hydrogen) atoms. The fraction of sp³-hybridized carbons (Fsp3) is 0. The van der Waals surface area contributed by atoms with E-state index in [4.69, 9.17) is 4.84 Å². The van der Waals surface area contributed by atoms with E-state index in [1.165, 1.54) is 0 Å². The minimum absolute atomic E-state index is 0.838. The topological polar surface area (TPSA) is 33.6 Å². The summed E-state index contributed by atoms with van der Waals surface area (Å²) in [6, 6.07) is 0. The normalized spacial score (nSPS) is 20.0. The molecule has 0 aliphatic carbocycles. The van der Waals surface area contributed by atoms with Crippen LogP contribution in [0.3, 0.4) is 0 Å². The van der Waals surface area contributed by atoms with E-state index in [0.717, 1.165) is 11.4 Å². The maximum absolute atomic E-state index is 4.82. The molecule has 1 N–H and O–H groups in total. The number of hydrogen-bond acceptors (Lipinski definition) is 3. The highest BCUT2D eigenvalue weighted by atomic mass is 16.6. The average Bonchev–Trinajstić information content (AvgIpc) is 2.28. The standard InChI is InChI=1S/C7H6N2O/c1-2-4-8-7-5-10-9-6(7)3-1/h1-5,9H. The molecule has 0 atom stereocenters. The molecule has 0 unspecified atom stereocenters. The third-order valence-electron chi connectivity index (χ3n) is 1.29. The van der Waals surface area contributed by atoms with Crippen LogP contribution in [0.2, 0.25) is 0 Å². The molecule has 2 aliphatic rings. The molecule has 0 spiro atoms. The first kappa shape index (κ1) is 5.29. The summed E-state index contributed by atoms with van der Waals surface area (Å²) < 4.78 is 0. The monoisotopic (exact) mass is 134 g/mol. The summed E-state index contributed by atoms with van der Waals surface area (Å²) in [6.45, 7) is 0. The van der Waals surface area contributed by atoms with Crippen LogP contribution in [-0.2, 0) is 4.84 Å². The molecular weight excluding hydrogens is 128 g/mol. The van der Waals surface area contributed by atoms with Gasteiger partial charge in [0.25, 0.3) is 0 Å². The SMILES string of the molecule is C1=CC=C2NOC=C2N=C1. The lowest BCUT2D eigenvalue weighted by atomic mass is 10.3. The Morgan fingerprint density at radius 1 is 1.40 bits per heavy atom. The summed E-state index contributed by atoms with van der Waals surface area (Å²) in [5, 5.41) is 0. The fourth-order valence-corrected chi connectivity index (χ4v) is 0.809. The Kier molecular flexibility index (Phi) is 1.07. The number of fused-ring (bicyclic) bond motifs is 1. The molecule has 2 heterocycles. The third-order valence-corrected chi connectivity index (χ3v) is 1.29. The maximum Gasteiger partial charge on any atom is 0.147 e. The van der Waals surface area contributed by atoms with Crippen LogP contribution in [0.1, 0.15) is 0 Å². The second-order valence-corrected chi connectivity index (χ2v) is 1.97. The van der Waals surface area contributed by atoms with Gasteiger partial charge in [-0.05, 0) is 12.2 Å². The Balaban J connectivity index is 2.42. The van der Waals surface area contributed by atoms with Crippen LogP contribution in [0.4, 0.5) is 0 Å². The number of nitrogens with one attached hydrogen (secondary N) is 1. The second kappa shape index (κ2) is 2.02. The van der Waals surface area contributed by atoms with Gasteiger partial charge >= 0.3 is 0 Å². The number of aliphatic imine (C=N–C) groups is 1. The summed E-state index contributed by atoms with van der Waals surface area (Å²) in [6.07, 6.45) is 8.99. The van der Waals surface area contributed by atoms with E-state index >= 15 is 0 Å². The van der Waals surface area contributed by atoms with Crippen LogP contribution in [0.5, 0.6) is 0 Å².